The Bertz CT molecular complexity index is 688. The molecule has 1 fully saturated rings. The molecule has 21 heavy (non-hydrogen) atoms. The van der Waals surface area contributed by atoms with Gasteiger partial charge in [0.1, 0.15) is 6.04 Å². The lowest BCUT2D eigenvalue weighted by Crippen LogP contribution is -2.82. The maximum absolute atomic E-state index is 5.95. The van der Waals surface area contributed by atoms with Crippen LogP contribution in [0.15, 0.2) is 34.8 Å². The van der Waals surface area contributed by atoms with E-state index in [0.717, 1.165) is 33.7 Å². The van der Waals surface area contributed by atoms with E-state index < -0.39 is 0 Å². The number of nitrogens with two attached hydrogens (primary N) is 1. The van der Waals surface area contributed by atoms with Gasteiger partial charge in [-0.3, -0.25) is 5.43 Å². The van der Waals surface area contributed by atoms with Gasteiger partial charge in [-0.05, 0) is 12.1 Å². The lowest BCUT2D eigenvalue weighted by molar-refractivity contribution is -0.677. The molecule has 3 heterocycles. The minimum atomic E-state index is 0.406. The number of thioether (sulfide) groups is 1. The van der Waals surface area contributed by atoms with E-state index in [1.165, 1.54) is 13.0 Å². The molecule has 1 aromatic heterocycles. The van der Waals surface area contributed by atoms with E-state index in [9.17, 15) is 0 Å². The van der Waals surface area contributed by atoms with Crippen LogP contribution in [0.5, 0.6) is 0 Å². The molecule has 2 aromatic rings. The van der Waals surface area contributed by atoms with Crippen LogP contribution in [0.4, 0.5) is 0 Å². The van der Waals surface area contributed by atoms with Crippen LogP contribution >= 0.6 is 23.4 Å². The Labute approximate surface area is 131 Å². The molecule has 1 saturated heterocycles. The van der Waals surface area contributed by atoms with Gasteiger partial charge in [0.05, 0.1) is 12.2 Å². The van der Waals surface area contributed by atoms with Gasteiger partial charge < -0.3 is 5.32 Å². The molecule has 108 valence electrons. The summed E-state index contributed by atoms with van der Waals surface area (Å²) in [5.74, 6) is 1.01. The largest absolute Gasteiger partial charge is 0.337 e. The molecular formula is C14H15ClN5S+. The molecule has 4 rings (SSSR count). The average molecular weight is 321 g/mol. The van der Waals surface area contributed by atoms with E-state index in [0.29, 0.717) is 6.04 Å². The van der Waals surface area contributed by atoms with Crippen molar-refractivity contribution in [2.75, 3.05) is 12.0 Å². The van der Waals surface area contributed by atoms with Gasteiger partial charge in [-0.25, -0.2) is 4.68 Å². The van der Waals surface area contributed by atoms with Gasteiger partial charge in [-0.1, -0.05) is 35.5 Å². The molecule has 0 bridgehead atoms. The van der Waals surface area contributed by atoms with Crippen molar-refractivity contribution in [2.24, 2.45) is 0 Å². The zero-order valence-corrected chi connectivity index (χ0v) is 12.9. The Kier molecular flexibility index (Phi) is 3.37. The van der Waals surface area contributed by atoms with Gasteiger partial charge in [-0.2, -0.15) is 0 Å². The molecule has 5 nitrogen and oxygen atoms in total. The smallest absolute Gasteiger partial charge is 0.214 e. The predicted molar refractivity (Wildman–Crippen MR) is 83.4 cm³/mol. The molecule has 3 N–H and O–H groups in total. The number of nitrogens with zero attached hydrogens (tertiary/aromatic N) is 3. The summed E-state index contributed by atoms with van der Waals surface area (Å²) >= 11 is 7.54. The van der Waals surface area contributed by atoms with Crippen LogP contribution in [0, 0.1) is 0 Å². The molecule has 0 spiro atoms. The molecule has 7 heteroatoms. The zero-order chi connectivity index (χ0) is 14.2. The maximum Gasteiger partial charge on any atom is 0.214 e. The normalized spacial score (nSPS) is 20.8. The van der Waals surface area contributed by atoms with E-state index in [2.05, 4.69) is 26.3 Å². The van der Waals surface area contributed by atoms with Crippen molar-refractivity contribution < 1.29 is 5.32 Å². The first-order chi connectivity index (χ1) is 10.3. The summed E-state index contributed by atoms with van der Waals surface area (Å²) in [6.45, 7) is 1.17. The maximum atomic E-state index is 5.95. The Morgan fingerprint density at radius 2 is 2.14 bits per heavy atom. The number of fused-ring (bicyclic) bond motifs is 1. The molecular weight excluding hydrogens is 306 g/mol. The van der Waals surface area contributed by atoms with Crippen LogP contribution in [-0.4, -0.2) is 21.4 Å². The number of nitrogens with one attached hydrogen (secondary N) is 1. The van der Waals surface area contributed by atoms with Crippen LogP contribution in [0.25, 0.3) is 5.70 Å². The zero-order valence-electron chi connectivity index (χ0n) is 11.3. The number of quaternary nitrogens is 1. The van der Waals surface area contributed by atoms with E-state index >= 15 is 0 Å². The Hall–Kier alpha value is -1.50. The molecule has 0 radical (unpaired) electrons. The minimum absolute atomic E-state index is 0.406. The second-order valence-electron chi connectivity index (χ2n) is 5.22. The van der Waals surface area contributed by atoms with Crippen molar-refractivity contribution >= 4 is 29.1 Å². The molecule has 0 amide bonds. The molecule has 2 aliphatic rings. The highest BCUT2D eigenvalue weighted by molar-refractivity contribution is 8.02. The van der Waals surface area contributed by atoms with E-state index in [-0.39, 0.29) is 0 Å². The monoisotopic (exact) mass is 320 g/mol. The van der Waals surface area contributed by atoms with Crippen molar-refractivity contribution in [1.82, 2.24) is 14.9 Å². The van der Waals surface area contributed by atoms with Gasteiger partial charge in [0, 0.05) is 28.8 Å². The topological polar surface area (TPSA) is 59.4 Å². The van der Waals surface area contributed by atoms with Crippen LogP contribution in [0.1, 0.15) is 30.3 Å². The average Bonchev–Trinajstić information content (AvgIpc) is 3.16. The lowest BCUT2D eigenvalue weighted by Gasteiger charge is -2.20. The second-order valence-corrected chi connectivity index (χ2v) is 6.49. The van der Waals surface area contributed by atoms with Gasteiger partial charge in [-0.15, -0.1) is 10.2 Å². The van der Waals surface area contributed by atoms with Crippen molar-refractivity contribution in [1.29, 1.82) is 0 Å². The van der Waals surface area contributed by atoms with Crippen molar-refractivity contribution in [2.45, 2.75) is 24.0 Å². The van der Waals surface area contributed by atoms with E-state index in [1.54, 1.807) is 11.8 Å². The highest BCUT2D eigenvalue weighted by Crippen LogP contribution is 2.30. The van der Waals surface area contributed by atoms with Crippen LogP contribution in [-0.2, 0) is 0 Å². The summed E-state index contributed by atoms with van der Waals surface area (Å²) in [7, 11) is 0. The SMILES string of the molecule is Clc1ccc(C2=CSc3nnc([C@H]4CCC[NH2+]4)n3N2)cc1. The quantitative estimate of drug-likeness (QED) is 0.888. The predicted octanol–water partition coefficient (Wildman–Crippen LogP) is 1.98. The third-order valence-electron chi connectivity index (χ3n) is 3.83. The fourth-order valence-electron chi connectivity index (χ4n) is 2.73. The van der Waals surface area contributed by atoms with E-state index in [4.69, 9.17) is 11.6 Å². The van der Waals surface area contributed by atoms with Crippen LogP contribution in [0.2, 0.25) is 5.02 Å². The summed E-state index contributed by atoms with van der Waals surface area (Å²) in [5.41, 5.74) is 5.58. The second kappa shape index (κ2) is 5.36. The van der Waals surface area contributed by atoms with Crippen molar-refractivity contribution in [3.63, 3.8) is 0 Å². The van der Waals surface area contributed by atoms with Crippen molar-refractivity contribution in [3.8, 4) is 0 Å². The highest BCUT2D eigenvalue weighted by Gasteiger charge is 2.29. The van der Waals surface area contributed by atoms with Crippen molar-refractivity contribution in [3.05, 3.63) is 46.1 Å². The van der Waals surface area contributed by atoms with Crippen LogP contribution < -0.4 is 10.7 Å². The third-order valence-corrected chi connectivity index (χ3v) is 4.91. The summed E-state index contributed by atoms with van der Waals surface area (Å²) in [5, 5.41) is 14.7. The lowest BCUT2D eigenvalue weighted by atomic mass is 10.2. The number of hydrogen-bond donors (Lipinski definition) is 2. The highest BCUT2D eigenvalue weighted by atomic mass is 35.5. The molecule has 0 unspecified atom stereocenters. The Balaban J connectivity index is 1.64. The molecule has 0 aliphatic carbocycles. The summed E-state index contributed by atoms with van der Waals surface area (Å²) in [4.78, 5) is 0. The Morgan fingerprint density at radius 1 is 1.29 bits per heavy atom. The molecule has 1 atom stereocenters. The fourth-order valence-corrected chi connectivity index (χ4v) is 3.60. The number of benzene rings is 1. The molecule has 0 saturated carbocycles. The first-order valence-corrected chi connectivity index (χ1v) is 8.25. The fraction of sp³-hybridized carbons (Fsp3) is 0.286. The molecule has 2 aliphatic heterocycles. The number of rotatable bonds is 2. The third kappa shape index (κ3) is 2.43. The van der Waals surface area contributed by atoms with E-state index in [1.807, 2.05) is 28.9 Å². The minimum Gasteiger partial charge on any atom is -0.337 e. The van der Waals surface area contributed by atoms with Gasteiger partial charge in [0.25, 0.3) is 0 Å². The number of halogens is 1. The first-order valence-electron chi connectivity index (χ1n) is 7.00. The molecule has 1 aromatic carbocycles. The number of aromatic nitrogens is 3. The first kappa shape index (κ1) is 13.2. The van der Waals surface area contributed by atoms with Crippen LogP contribution in [0.3, 0.4) is 0 Å². The van der Waals surface area contributed by atoms with Gasteiger partial charge >= 0.3 is 0 Å². The summed E-state index contributed by atoms with van der Waals surface area (Å²) in [6, 6.07) is 8.23. The van der Waals surface area contributed by atoms with Gasteiger partial charge in [0.15, 0.2) is 0 Å². The summed E-state index contributed by atoms with van der Waals surface area (Å²) in [6.07, 6.45) is 2.39. The standard InChI is InChI=1S/C14H14ClN5S/c15-10-5-3-9(4-6-10)12-8-21-14-18-17-13(20(14)19-12)11-2-1-7-16-11/h3-6,8,11,16,19H,1-2,7H2/p+1/t11-/m1/s1. The number of hydrogen-bond acceptors (Lipinski definition) is 4. The Morgan fingerprint density at radius 3 is 2.90 bits per heavy atom. The van der Waals surface area contributed by atoms with Gasteiger partial charge in [0.2, 0.25) is 11.0 Å². The summed E-state index contributed by atoms with van der Waals surface area (Å²) < 4.78 is 2.01.